The molecule has 3 amide bonds. The third-order valence-corrected chi connectivity index (χ3v) is 2.76. The van der Waals surface area contributed by atoms with Gasteiger partial charge in [0.1, 0.15) is 6.04 Å². The second-order valence-corrected chi connectivity index (χ2v) is 4.67. The van der Waals surface area contributed by atoms with Gasteiger partial charge in [0, 0.05) is 19.0 Å². The third-order valence-electron chi connectivity index (χ3n) is 2.76. The van der Waals surface area contributed by atoms with E-state index in [9.17, 15) is 14.4 Å². The molecule has 1 atom stereocenters. The average molecular weight is 271 g/mol. The predicted octanol–water partition coefficient (Wildman–Crippen LogP) is 0.208. The Hall–Kier alpha value is -1.79. The summed E-state index contributed by atoms with van der Waals surface area (Å²) < 4.78 is 0. The fraction of sp³-hybridized carbons (Fsp3) is 0.750. The molecule has 0 aromatic rings. The highest BCUT2D eigenvalue weighted by atomic mass is 16.4. The van der Waals surface area contributed by atoms with Gasteiger partial charge in [0.05, 0.1) is 0 Å². The van der Waals surface area contributed by atoms with Gasteiger partial charge in [-0.05, 0) is 19.3 Å². The SMILES string of the molecule is CCCC(NC(=O)NCCC(=O)NC1CC1)C(=O)O. The highest BCUT2D eigenvalue weighted by molar-refractivity contribution is 5.83. The summed E-state index contributed by atoms with van der Waals surface area (Å²) in [5.41, 5.74) is 0. The zero-order chi connectivity index (χ0) is 14.3. The highest BCUT2D eigenvalue weighted by Crippen LogP contribution is 2.18. The van der Waals surface area contributed by atoms with Gasteiger partial charge in [-0.1, -0.05) is 13.3 Å². The number of carboxylic acid groups (broad SMARTS) is 1. The van der Waals surface area contributed by atoms with Crippen LogP contribution in [0.5, 0.6) is 0 Å². The Bertz CT molecular complexity index is 342. The van der Waals surface area contributed by atoms with E-state index >= 15 is 0 Å². The van der Waals surface area contributed by atoms with Gasteiger partial charge in [-0.2, -0.15) is 0 Å². The number of carboxylic acids is 1. The van der Waals surface area contributed by atoms with Crippen molar-refractivity contribution in [3.05, 3.63) is 0 Å². The lowest BCUT2D eigenvalue weighted by Gasteiger charge is -2.14. The quantitative estimate of drug-likeness (QED) is 0.506. The molecule has 1 saturated carbocycles. The maximum atomic E-state index is 11.4. The van der Waals surface area contributed by atoms with Gasteiger partial charge in [-0.15, -0.1) is 0 Å². The van der Waals surface area contributed by atoms with E-state index in [1.165, 1.54) is 0 Å². The molecule has 1 aliphatic carbocycles. The number of aliphatic carboxylic acids is 1. The van der Waals surface area contributed by atoms with Crippen molar-refractivity contribution in [2.24, 2.45) is 0 Å². The van der Waals surface area contributed by atoms with Gasteiger partial charge in [0.25, 0.3) is 0 Å². The number of nitrogens with one attached hydrogen (secondary N) is 3. The second-order valence-electron chi connectivity index (χ2n) is 4.67. The molecule has 4 N–H and O–H groups in total. The largest absolute Gasteiger partial charge is 0.480 e. The van der Waals surface area contributed by atoms with Crippen LogP contribution in [0.15, 0.2) is 0 Å². The Morgan fingerprint density at radius 3 is 2.53 bits per heavy atom. The average Bonchev–Trinajstić information content (AvgIpc) is 3.12. The molecule has 19 heavy (non-hydrogen) atoms. The normalized spacial score (nSPS) is 15.4. The molecule has 0 aromatic carbocycles. The molecule has 0 radical (unpaired) electrons. The number of hydrogen-bond acceptors (Lipinski definition) is 3. The maximum absolute atomic E-state index is 11.4. The van der Waals surface area contributed by atoms with E-state index in [-0.39, 0.29) is 18.9 Å². The van der Waals surface area contributed by atoms with Gasteiger partial charge in [0.15, 0.2) is 0 Å². The van der Waals surface area contributed by atoms with Gasteiger partial charge in [-0.3, -0.25) is 4.79 Å². The number of carbonyl (C=O) groups excluding carboxylic acids is 2. The summed E-state index contributed by atoms with van der Waals surface area (Å²) in [6, 6.07) is -1.13. The molecule has 0 aliphatic heterocycles. The molecule has 1 rings (SSSR count). The van der Waals surface area contributed by atoms with E-state index in [0.717, 1.165) is 12.8 Å². The zero-order valence-corrected chi connectivity index (χ0v) is 11.1. The first-order chi connectivity index (χ1) is 9.02. The Kier molecular flexibility index (Phi) is 6.11. The van der Waals surface area contributed by atoms with Crippen LogP contribution in [0.1, 0.15) is 39.0 Å². The van der Waals surface area contributed by atoms with Gasteiger partial charge < -0.3 is 21.1 Å². The fourth-order valence-electron chi connectivity index (χ4n) is 1.57. The summed E-state index contributed by atoms with van der Waals surface area (Å²) in [6.45, 7) is 2.04. The highest BCUT2D eigenvalue weighted by Gasteiger charge is 2.23. The van der Waals surface area contributed by atoms with E-state index in [4.69, 9.17) is 5.11 Å². The summed E-state index contributed by atoms with van der Waals surface area (Å²) in [6.07, 6.45) is 3.30. The standard InChI is InChI=1S/C12H21N3O4/c1-2-3-9(11(17)18)15-12(19)13-7-6-10(16)14-8-4-5-8/h8-9H,2-7H2,1H3,(H,14,16)(H,17,18)(H2,13,15,19). The van der Waals surface area contributed by atoms with Crippen LogP contribution < -0.4 is 16.0 Å². The number of carbonyl (C=O) groups is 3. The Morgan fingerprint density at radius 1 is 1.32 bits per heavy atom. The van der Waals surface area contributed by atoms with Gasteiger partial charge >= 0.3 is 12.0 Å². The lowest BCUT2D eigenvalue weighted by molar-refractivity contribution is -0.139. The summed E-state index contributed by atoms with van der Waals surface area (Å²) in [7, 11) is 0. The van der Waals surface area contributed by atoms with Crippen LogP contribution in [0.25, 0.3) is 0 Å². The topological polar surface area (TPSA) is 108 Å². The van der Waals surface area contributed by atoms with Crippen molar-refractivity contribution in [2.75, 3.05) is 6.54 Å². The van der Waals surface area contributed by atoms with Crippen LogP contribution in [0.3, 0.4) is 0 Å². The Labute approximate surface area is 112 Å². The van der Waals surface area contributed by atoms with Crippen molar-refractivity contribution >= 4 is 17.9 Å². The van der Waals surface area contributed by atoms with Gasteiger partial charge in [0.2, 0.25) is 5.91 Å². The molecule has 7 nitrogen and oxygen atoms in total. The Balaban J connectivity index is 2.14. The number of urea groups is 1. The fourth-order valence-corrected chi connectivity index (χ4v) is 1.57. The van der Waals surface area contributed by atoms with E-state index in [0.29, 0.717) is 18.9 Å². The van der Waals surface area contributed by atoms with Crippen LogP contribution in [0.2, 0.25) is 0 Å². The molecule has 7 heteroatoms. The van der Waals surface area contributed by atoms with E-state index in [1.54, 1.807) is 0 Å². The minimum absolute atomic E-state index is 0.0915. The minimum Gasteiger partial charge on any atom is -0.480 e. The lowest BCUT2D eigenvalue weighted by Crippen LogP contribution is -2.46. The number of rotatable bonds is 8. The molecule has 0 saturated heterocycles. The molecular formula is C12H21N3O4. The molecule has 1 aliphatic rings. The monoisotopic (exact) mass is 271 g/mol. The molecule has 108 valence electrons. The van der Waals surface area contributed by atoms with Crippen molar-refractivity contribution < 1.29 is 19.5 Å². The first-order valence-electron chi connectivity index (χ1n) is 6.59. The van der Waals surface area contributed by atoms with E-state index < -0.39 is 18.0 Å². The molecule has 1 unspecified atom stereocenters. The molecule has 1 fully saturated rings. The van der Waals surface area contributed by atoms with Crippen molar-refractivity contribution in [1.82, 2.24) is 16.0 Å². The third kappa shape index (κ3) is 6.64. The molecule has 0 bridgehead atoms. The van der Waals surface area contributed by atoms with Crippen LogP contribution in [0.4, 0.5) is 4.79 Å². The predicted molar refractivity (Wildman–Crippen MR) is 68.6 cm³/mol. The van der Waals surface area contributed by atoms with Crippen LogP contribution >= 0.6 is 0 Å². The van der Waals surface area contributed by atoms with E-state index in [2.05, 4.69) is 16.0 Å². The summed E-state index contributed by atoms with van der Waals surface area (Å²) in [5.74, 6) is -1.14. The van der Waals surface area contributed by atoms with Crippen molar-refractivity contribution in [1.29, 1.82) is 0 Å². The second kappa shape index (κ2) is 7.60. The van der Waals surface area contributed by atoms with E-state index in [1.807, 2.05) is 6.92 Å². The molecule has 0 spiro atoms. The molecule has 0 heterocycles. The van der Waals surface area contributed by atoms with Crippen LogP contribution in [0, 0.1) is 0 Å². The zero-order valence-electron chi connectivity index (χ0n) is 11.1. The number of hydrogen-bond donors (Lipinski definition) is 4. The molecular weight excluding hydrogens is 250 g/mol. The van der Waals surface area contributed by atoms with Crippen LogP contribution in [-0.4, -0.2) is 41.6 Å². The minimum atomic E-state index is -1.05. The summed E-state index contributed by atoms with van der Waals surface area (Å²) in [4.78, 5) is 33.6. The van der Waals surface area contributed by atoms with Crippen molar-refractivity contribution in [2.45, 2.75) is 51.1 Å². The van der Waals surface area contributed by atoms with Crippen molar-refractivity contribution in [3.8, 4) is 0 Å². The van der Waals surface area contributed by atoms with Crippen LogP contribution in [-0.2, 0) is 9.59 Å². The lowest BCUT2D eigenvalue weighted by atomic mass is 10.2. The van der Waals surface area contributed by atoms with Gasteiger partial charge in [-0.25, -0.2) is 9.59 Å². The van der Waals surface area contributed by atoms with Crippen molar-refractivity contribution in [3.63, 3.8) is 0 Å². The first kappa shape index (κ1) is 15.3. The Morgan fingerprint density at radius 2 is 2.00 bits per heavy atom. The summed E-state index contributed by atoms with van der Waals surface area (Å²) in [5, 5.41) is 16.5. The molecule has 0 aromatic heterocycles. The summed E-state index contributed by atoms with van der Waals surface area (Å²) >= 11 is 0. The first-order valence-corrected chi connectivity index (χ1v) is 6.59. The maximum Gasteiger partial charge on any atom is 0.326 e. The smallest absolute Gasteiger partial charge is 0.326 e. The number of amides is 3.